The SMILES string of the molecule is CCN(CC)CCOC(=O)C1CCCCC1C(=O)C1CCCCC1.Cl. The second-order valence-corrected chi connectivity index (χ2v) is 7.43. The summed E-state index contributed by atoms with van der Waals surface area (Å²) in [6.07, 6.45) is 9.47. The molecule has 0 aromatic rings. The molecule has 0 amide bonds. The Kier molecular flexibility index (Phi) is 10.7. The van der Waals surface area contributed by atoms with Gasteiger partial charge >= 0.3 is 5.97 Å². The van der Waals surface area contributed by atoms with Crippen LogP contribution in [0.3, 0.4) is 0 Å². The van der Waals surface area contributed by atoms with Gasteiger partial charge in [-0.3, -0.25) is 9.59 Å². The molecule has 0 aromatic carbocycles. The molecule has 0 radical (unpaired) electrons. The quantitative estimate of drug-likeness (QED) is 0.597. The zero-order chi connectivity index (χ0) is 17.4. The fourth-order valence-electron chi connectivity index (χ4n) is 4.37. The lowest BCUT2D eigenvalue weighted by molar-refractivity contribution is -0.155. The zero-order valence-electron chi connectivity index (χ0n) is 16.0. The number of hydrogen-bond donors (Lipinski definition) is 0. The first-order valence-corrected chi connectivity index (χ1v) is 10.1. The van der Waals surface area contributed by atoms with E-state index in [9.17, 15) is 9.59 Å². The molecule has 2 rings (SSSR count). The van der Waals surface area contributed by atoms with Gasteiger partial charge in [-0.1, -0.05) is 46.0 Å². The number of nitrogens with zero attached hydrogens (tertiary/aromatic N) is 1. The van der Waals surface area contributed by atoms with Crippen LogP contribution in [0.4, 0.5) is 0 Å². The summed E-state index contributed by atoms with van der Waals surface area (Å²) >= 11 is 0. The first-order chi connectivity index (χ1) is 11.7. The van der Waals surface area contributed by atoms with Crippen LogP contribution >= 0.6 is 12.4 Å². The van der Waals surface area contributed by atoms with Crippen molar-refractivity contribution in [1.82, 2.24) is 4.90 Å². The van der Waals surface area contributed by atoms with E-state index < -0.39 is 0 Å². The fourth-order valence-corrected chi connectivity index (χ4v) is 4.37. The second kappa shape index (κ2) is 11.9. The molecule has 2 fully saturated rings. The lowest BCUT2D eigenvalue weighted by atomic mass is 9.71. The van der Waals surface area contributed by atoms with E-state index in [0.29, 0.717) is 12.4 Å². The van der Waals surface area contributed by atoms with Crippen molar-refractivity contribution in [3.63, 3.8) is 0 Å². The van der Waals surface area contributed by atoms with Crippen LogP contribution in [0.1, 0.15) is 71.6 Å². The van der Waals surface area contributed by atoms with Gasteiger partial charge in [-0.05, 0) is 38.8 Å². The average molecular weight is 374 g/mol. The van der Waals surface area contributed by atoms with Crippen molar-refractivity contribution in [3.05, 3.63) is 0 Å². The van der Waals surface area contributed by atoms with Crippen molar-refractivity contribution in [2.45, 2.75) is 71.6 Å². The molecule has 2 aliphatic carbocycles. The van der Waals surface area contributed by atoms with Crippen molar-refractivity contribution in [1.29, 1.82) is 0 Å². The third kappa shape index (κ3) is 6.56. The molecule has 0 bridgehead atoms. The number of hydrogen-bond acceptors (Lipinski definition) is 4. The van der Waals surface area contributed by atoms with Crippen molar-refractivity contribution in [2.24, 2.45) is 17.8 Å². The predicted octanol–water partition coefficient (Wildman–Crippen LogP) is 4.25. The van der Waals surface area contributed by atoms with E-state index in [1.165, 1.54) is 19.3 Å². The van der Waals surface area contributed by atoms with Crippen LogP contribution < -0.4 is 0 Å². The van der Waals surface area contributed by atoms with Gasteiger partial charge in [-0.15, -0.1) is 12.4 Å². The number of carbonyl (C=O) groups excluding carboxylic acids is 2. The van der Waals surface area contributed by atoms with E-state index in [4.69, 9.17) is 4.74 Å². The molecular weight excluding hydrogens is 338 g/mol. The largest absolute Gasteiger partial charge is 0.464 e. The fraction of sp³-hybridized carbons (Fsp3) is 0.900. The summed E-state index contributed by atoms with van der Waals surface area (Å²) < 4.78 is 5.55. The number of rotatable bonds is 8. The van der Waals surface area contributed by atoms with Crippen molar-refractivity contribution in [3.8, 4) is 0 Å². The molecular formula is C20H36ClNO3. The number of halogens is 1. The lowest BCUT2D eigenvalue weighted by Gasteiger charge is -2.32. The number of esters is 1. The number of ketones is 1. The smallest absolute Gasteiger partial charge is 0.309 e. The lowest BCUT2D eigenvalue weighted by Crippen LogP contribution is -2.38. The molecule has 0 N–H and O–H groups in total. The Labute approximate surface area is 159 Å². The molecule has 0 heterocycles. The molecule has 0 saturated heterocycles. The van der Waals surface area contributed by atoms with E-state index in [2.05, 4.69) is 18.7 Å². The van der Waals surface area contributed by atoms with Crippen LogP contribution in [0.15, 0.2) is 0 Å². The molecule has 25 heavy (non-hydrogen) atoms. The first-order valence-electron chi connectivity index (χ1n) is 10.1. The molecule has 4 nitrogen and oxygen atoms in total. The van der Waals surface area contributed by atoms with E-state index in [0.717, 1.165) is 58.2 Å². The Bertz CT molecular complexity index is 406. The number of likely N-dealkylation sites (N-methyl/N-ethyl adjacent to an activating group) is 1. The Morgan fingerprint density at radius 2 is 1.44 bits per heavy atom. The Balaban J connectivity index is 0.00000312. The van der Waals surface area contributed by atoms with Gasteiger partial charge < -0.3 is 9.64 Å². The number of carbonyl (C=O) groups is 2. The molecule has 2 unspecified atom stereocenters. The van der Waals surface area contributed by atoms with Gasteiger partial charge in [-0.25, -0.2) is 0 Å². The van der Waals surface area contributed by atoms with Crippen molar-refractivity contribution >= 4 is 24.2 Å². The molecule has 146 valence electrons. The molecule has 0 aliphatic heterocycles. The Morgan fingerprint density at radius 1 is 0.880 bits per heavy atom. The highest BCUT2D eigenvalue weighted by molar-refractivity contribution is 5.88. The van der Waals surface area contributed by atoms with Crippen LogP contribution in [0.25, 0.3) is 0 Å². The third-order valence-electron chi connectivity index (χ3n) is 5.99. The van der Waals surface area contributed by atoms with Crippen molar-refractivity contribution in [2.75, 3.05) is 26.2 Å². The highest BCUT2D eigenvalue weighted by atomic mass is 35.5. The van der Waals surface area contributed by atoms with Crippen LogP contribution in [0, 0.1) is 17.8 Å². The highest BCUT2D eigenvalue weighted by Gasteiger charge is 2.39. The maximum atomic E-state index is 12.9. The summed E-state index contributed by atoms with van der Waals surface area (Å²) in [7, 11) is 0. The van der Waals surface area contributed by atoms with E-state index >= 15 is 0 Å². The van der Waals surface area contributed by atoms with Crippen LogP contribution in [-0.4, -0.2) is 42.9 Å². The second-order valence-electron chi connectivity index (χ2n) is 7.43. The maximum Gasteiger partial charge on any atom is 0.309 e. The average Bonchev–Trinajstić information content (AvgIpc) is 2.65. The molecule has 0 aromatic heterocycles. The maximum absolute atomic E-state index is 12.9. The van der Waals surface area contributed by atoms with Crippen LogP contribution in [-0.2, 0) is 14.3 Å². The molecule has 0 spiro atoms. The normalized spacial score (nSPS) is 24.6. The van der Waals surface area contributed by atoms with Crippen LogP contribution in [0.2, 0.25) is 0 Å². The standard InChI is InChI=1S/C20H35NO3.ClH/c1-3-21(4-2)14-15-24-20(23)18-13-9-8-12-17(18)19(22)16-10-6-5-7-11-16;/h16-18H,3-15H2,1-2H3;1H. The summed E-state index contributed by atoms with van der Waals surface area (Å²) in [6.45, 7) is 7.41. The topological polar surface area (TPSA) is 46.6 Å². The van der Waals surface area contributed by atoms with Crippen molar-refractivity contribution < 1.29 is 14.3 Å². The van der Waals surface area contributed by atoms with Crippen LogP contribution in [0.5, 0.6) is 0 Å². The van der Waals surface area contributed by atoms with Gasteiger partial charge in [0.2, 0.25) is 0 Å². The molecule has 2 aliphatic rings. The first kappa shape index (κ1) is 22.4. The summed E-state index contributed by atoms with van der Waals surface area (Å²) in [6, 6.07) is 0. The molecule has 5 heteroatoms. The highest BCUT2D eigenvalue weighted by Crippen LogP contribution is 2.36. The minimum atomic E-state index is -0.190. The minimum absolute atomic E-state index is 0. The van der Waals surface area contributed by atoms with E-state index in [-0.39, 0.29) is 36.1 Å². The molecule has 2 atom stereocenters. The summed E-state index contributed by atoms with van der Waals surface area (Å²) in [5, 5.41) is 0. The number of ether oxygens (including phenoxy) is 1. The van der Waals surface area contributed by atoms with Gasteiger partial charge in [0.1, 0.15) is 12.4 Å². The van der Waals surface area contributed by atoms with Gasteiger partial charge in [0, 0.05) is 18.4 Å². The zero-order valence-corrected chi connectivity index (χ0v) is 16.8. The number of Topliss-reactive ketones (excluding diaryl/α,β-unsaturated/α-hetero) is 1. The summed E-state index contributed by atoms with van der Waals surface area (Å²) in [5.41, 5.74) is 0. The minimum Gasteiger partial charge on any atom is -0.464 e. The van der Waals surface area contributed by atoms with Gasteiger partial charge in [0.15, 0.2) is 0 Å². The predicted molar refractivity (Wildman–Crippen MR) is 103 cm³/mol. The van der Waals surface area contributed by atoms with Gasteiger partial charge in [-0.2, -0.15) is 0 Å². The Morgan fingerprint density at radius 3 is 2.04 bits per heavy atom. The monoisotopic (exact) mass is 373 g/mol. The van der Waals surface area contributed by atoms with E-state index in [1.54, 1.807) is 0 Å². The molecule has 2 saturated carbocycles. The summed E-state index contributed by atoms with van der Waals surface area (Å²) in [4.78, 5) is 27.7. The third-order valence-corrected chi connectivity index (χ3v) is 5.99. The van der Waals surface area contributed by atoms with Gasteiger partial charge in [0.25, 0.3) is 0 Å². The summed E-state index contributed by atoms with van der Waals surface area (Å²) in [5.74, 6) is 0.164. The Hall–Kier alpha value is -0.610. The van der Waals surface area contributed by atoms with E-state index in [1.807, 2.05) is 0 Å². The van der Waals surface area contributed by atoms with Gasteiger partial charge in [0.05, 0.1) is 5.92 Å².